The van der Waals surface area contributed by atoms with Crippen LogP contribution in [0.3, 0.4) is 0 Å². The lowest BCUT2D eigenvalue weighted by molar-refractivity contribution is 0.410. The van der Waals surface area contributed by atoms with Crippen molar-refractivity contribution in [2.75, 3.05) is 10.6 Å². The third-order valence-corrected chi connectivity index (χ3v) is 6.49. The SMILES string of the molecule is CC(C)c1cnn2c(NCc3ccc(-c4ccccn4)cc3)nc(NC3CCC(N)CC3)nc12. The molecule has 0 radical (unpaired) electrons. The quantitative estimate of drug-likeness (QED) is 0.373. The van der Waals surface area contributed by atoms with Gasteiger partial charge in [0.05, 0.1) is 11.9 Å². The Hall–Kier alpha value is -3.52. The van der Waals surface area contributed by atoms with Gasteiger partial charge in [0, 0.05) is 36.0 Å². The minimum absolute atomic E-state index is 0.310. The van der Waals surface area contributed by atoms with E-state index in [1.807, 2.05) is 30.6 Å². The third kappa shape index (κ3) is 4.87. The summed E-state index contributed by atoms with van der Waals surface area (Å²) in [5.74, 6) is 1.64. The van der Waals surface area contributed by atoms with Crippen LogP contribution in [-0.4, -0.2) is 36.6 Å². The number of hydrogen-bond donors (Lipinski definition) is 3. The Kier molecular flexibility index (Phi) is 6.40. The number of rotatable bonds is 7. The second-order valence-corrected chi connectivity index (χ2v) is 9.38. The zero-order valence-corrected chi connectivity index (χ0v) is 19.8. The van der Waals surface area contributed by atoms with Gasteiger partial charge in [0.15, 0.2) is 5.65 Å². The summed E-state index contributed by atoms with van der Waals surface area (Å²) in [5.41, 5.74) is 11.3. The van der Waals surface area contributed by atoms with Gasteiger partial charge in [-0.3, -0.25) is 4.98 Å². The van der Waals surface area contributed by atoms with Crippen LogP contribution in [0.25, 0.3) is 16.9 Å². The molecule has 8 heteroatoms. The highest BCUT2D eigenvalue weighted by atomic mass is 15.4. The van der Waals surface area contributed by atoms with Crippen LogP contribution >= 0.6 is 0 Å². The molecule has 0 aliphatic heterocycles. The molecule has 0 spiro atoms. The lowest BCUT2D eigenvalue weighted by Gasteiger charge is -2.27. The second kappa shape index (κ2) is 9.77. The average molecular weight is 457 g/mol. The van der Waals surface area contributed by atoms with Crippen molar-refractivity contribution in [2.45, 2.75) is 64.1 Å². The minimum Gasteiger partial charge on any atom is -0.351 e. The van der Waals surface area contributed by atoms with Gasteiger partial charge in [-0.2, -0.15) is 19.6 Å². The first-order chi connectivity index (χ1) is 16.6. The number of hydrogen-bond acceptors (Lipinski definition) is 7. The molecule has 0 bridgehead atoms. The number of fused-ring (bicyclic) bond motifs is 1. The van der Waals surface area contributed by atoms with Crippen molar-refractivity contribution in [1.29, 1.82) is 0 Å². The van der Waals surface area contributed by atoms with Crippen LogP contribution in [0.1, 0.15) is 56.6 Å². The Morgan fingerprint density at radius 2 is 1.82 bits per heavy atom. The highest BCUT2D eigenvalue weighted by Gasteiger charge is 2.21. The normalized spacial score (nSPS) is 18.4. The molecule has 0 saturated heterocycles. The molecule has 3 heterocycles. The summed E-state index contributed by atoms with van der Waals surface area (Å²) in [6.07, 6.45) is 7.85. The van der Waals surface area contributed by atoms with E-state index in [1.54, 1.807) is 4.52 Å². The molecule has 176 valence electrons. The first-order valence-electron chi connectivity index (χ1n) is 12.1. The van der Waals surface area contributed by atoms with E-state index < -0.39 is 0 Å². The highest BCUT2D eigenvalue weighted by molar-refractivity contribution is 5.59. The van der Waals surface area contributed by atoms with Crippen molar-refractivity contribution in [3.63, 3.8) is 0 Å². The van der Waals surface area contributed by atoms with Crippen molar-refractivity contribution in [1.82, 2.24) is 24.6 Å². The fraction of sp³-hybridized carbons (Fsp3) is 0.385. The van der Waals surface area contributed by atoms with Gasteiger partial charge >= 0.3 is 0 Å². The van der Waals surface area contributed by atoms with E-state index in [2.05, 4.69) is 58.8 Å². The molecule has 1 aliphatic carbocycles. The number of benzene rings is 1. The van der Waals surface area contributed by atoms with Crippen molar-refractivity contribution >= 4 is 17.5 Å². The lowest BCUT2D eigenvalue weighted by atomic mass is 9.92. The molecule has 0 amide bonds. The fourth-order valence-electron chi connectivity index (χ4n) is 4.43. The van der Waals surface area contributed by atoms with Crippen molar-refractivity contribution in [3.8, 4) is 11.3 Å². The van der Waals surface area contributed by atoms with E-state index >= 15 is 0 Å². The van der Waals surface area contributed by atoms with E-state index in [0.717, 1.165) is 53.7 Å². The molecule has 4 aromatic rings. The zero-order chi connectivity index (χ0) is 23.5. The van der Waals surface area contributed by atoms with Crippen LogP contribution in [0.2, 0.25) is 0 Å². The Morgan fingerprint density at radius 1 is 1.03 bits per heavy atom. The molecular formula is C26H32N8. The Bertz CT molecular complexity index is 1230. The summed E-state index contributed by atoms with van der Waals surface area (Å²) in [6.45, 7) is 4.94. The molecule has 5 rings (SSSR count). The van der Waals surface area contributed by atoms with Gasteiger partial charge in [-0.1, -0.05) is 44.2 Å². The first kappa shape index (κ1) is 22.3. The molecule has 1 aromatic carbocycles. The van der Waals surface area contributed by atoms with Crippen molar-refractivity contribution < 1.29 is 0 Å². The van der Waals surface area contributed by atoms with Gasteiger partial charge in [0.1, 0.15) is 0 Å². The molecule has 8 nitrogen and oxygen atoms in total. The van der Waals surface area contributed by atoms with Gasteiger partial charge in [0.2, 0.25) is 11.9 Å². The smallest absolute Gasteiger partial charge is 0.229 e. The third-order valence-electron chi connectivity index (χ3n) is 6.49. The highest BCUT2D eigenvalue weighted by Crippen LogP contribution is 2.25. The summed E-state index contributed by atoms with van der Waals surface area (Å²) in [6, 6.07) is 15.0. The Labute approximate surface area is 200 Å². The molecule has 0 atom stereocenters. The molecule has 0 unspecified atom stereocenters. The van der Waals surface area contributed by atoms with Crippen molar-refractivity contribution in [3.05, 3.63) is 66.0 Å². The summed E-state index contributed by atoms with van der Waals surface area (Å²) >= 11 is 0. The summed E-state index contributed by atoms with van der Waals surface area (Å²) in [4.78, 5) is 14.0. The molecule has 1 aliphatic rings. The number of nitrogens with two attached hydrogens (primary N) is 1. The summed E-state index contributed by atoms with van der Waals surface area (Å²) in [5, 5.41) is 11.6. The number of aromatic nitrogens is 5. The fourth-order valence-corrected chi connectivity index (χ4v) is 4.43. The van der Waals surface area contributed by atoms with E-state index in [0.29, 0.717) is 36.4 Å². The van der Waals surface area contributed by atoms with Crippen LogP contribution in [0.4, 0.5) is 11.9 Å². The topological polar surface area (TPSA) is 106 Å². The van der Waals surface area contributed by atoms with E-state index in [9.17, 15) is 0 Å². The average Bonchev–Trinajstić information content (AvgIpc) is 3.29. The van der Waals surface area contributed by atoms with Gasteiger partial charge in [-0.25, -0.2) is 0 Å². The number of nitrogens with zero attached hydrogens (tertiary/aromatic N) is 5. The van der Waals surface area contributed by atoms with Gasteiger partial charge in [-0.15, -0.1) is 0 Å². The van der Waals surface area contributed by atoms with Gasteiger partial charge in [-0.05, 0) is 49.3 Å². The Morgan fingerprint density at radius 3 is 2.53 bits per heavy atom. The molecule has 3 aromatic heterocycles. The largest absolute Gasteiger partial charge is 0.351 e. The molecule has 34 heavy (non-hydrogen) atoms. The maximum Gasteiger partial charge on any atom is 0.229 e. The van der Waals surface area contributed by atoms with Crippen LogP contribution in [0.5, 0.6) is 0 Å². The second-order valence-electron chi connectivity index (χ2n) is 9.38. The van der Waals surface area contributed by atoms with E-state index in [-0.39, 0.29) is 0 Å². The lowest BCUT2D eigenvalue weighted by Crippen LogP contribution is -2.33. The first-order valence-corrected chi connectivity index (χ1v) is 12.1. The molecule has 4 N–H and O–H groups in total. The summed E-state index contributed by atoms with van der Waals surface area (Å²) in [7, 11) is 0. The van der Waals surface area contributed by atoms with Crippen LogP contribution in [0.15, 0.2) is 54.9 Å². The number of anilines is 2. The van der Waals surface area contributed by atoms with Crippen LogP contribution in [-0.2, 0) is 6.54 Å². The van der Waals surface area contributed by atoms with Crippen molar-refractivity contribution in [2.24, 2.45) is 5.73 Å². The zero-order valence-electron chi connectivity index (χ0n) is 19.8. The monoisotopic (exact) mass is 456 g/mol. The predicted molar refractivity (Wildman–Crippen MR) is 136 cm³/mol. The van der Waals surface area contributed by atoms with Crippen LogP contribution < -0.4 is 16.4 Å². The summed E-state index contributed by atoms with van der Waals surface area (Å²) < 4.78 is 1.81. The maximum absolute atomic E-state index is 6.08. The van der Waals surface area contributed by atoms with E-state index in [4.69, 9.17) is 15.7 Å². The standard InChI is InChI=1S/C26H32N8/c1-17(2)22-16-30-34-24(22)32-25(31-21-12-10-20(27)11-13-21)33-26(34)29-15-18-6-8-19(9-7-18)23-5-3-4-14-28-23/h3-9,14,16-17,20-21H,10-13,15,27H2,1-2H3,(H2,29,31,32,33). The van der Waals surface area contributed by atoms with E-state index in [1.165, 1.54) is 0 Å². The van der Waals surface area contributed by atoms with Gasteiger partial charge in [0.25, 0.3) is 0 Å². The molecule has 1 fully saturated rings. The molecular weight excluding hydrogens is 424 g/mol. The van der Waals surface area contributed by atoms with Crippen LogP contribution in [0, 0.1) is 0 Å². The number of pyridine rings is 1. The van der Waals surface area contributed by atoms with Gasteiger partial charge < -0.3 is 16.4 Å². The Balaban J connectivity index is 1.37. The maximum atomic E-state index is 6.08. The minimum atomic E-state index is 0.310. The number of nitrogens with one attached hydrogen (secondary N) is 2. The molecule has 1 saturated carbocycles. The predicted octanol–water partition coefficient (Wildman–Crippen LogP) is 4.60.